The summed E-state index contributed by atoms with van der Waals surface area (Å²) in [5.74, 6) is 0.688. The number of aromatic nitrogens is 2. The monoisotopic (exact) mass is 292 g/mol. The summed E-state index contributed by atoms with van der Waals surface area (Å²) in [6.45, 7) is 2.62. The number of nitrogens with zero attached hydrogens (tertiary/aromatic N) is 1. The van der Waals surface area contributed by atoms with Crippen LogP contribution in [0.1, 0.15) is 62.4 Å². The summed E-state index contributed by atoms with van der Waals surface area (Å²) < 4.78 is 0. The molecule has 21 heavy (non-hydrogen) atoms. The molecule has 1 saturated carbocycles. The summed E-state index contributed by atoms with van der Waals surface area (Å²) in [6, 6.07) is 1.57. The van der Waals surface area contributed by atoms with E-state index >= 15 is 0 Å². The molecule has 1 fully saturated rings. The molecule has 0 bridgehead atoms. The van der Waals surface area contributed by atoms with Crippen LogP contribution in [-0.4, -0.2) is 28.6 Å². The Morgan fingerprint density at radius 3 is 2.81 bits per heavy atom. The molecule has 0 aromatic carbocycles. The number of hydrogen-bond acceptors (Lipinski definition) is 3. The van der Waals surface area contributed by atoms with Crippen LogP contribution in [-0.2, 0) is 4.79 Å². The molecule has 0 spiro atoms. The first-order valence-corrected chi connectivity index (χ1v) is 7.82. The van der Waals surface area contributed by atoms with Gasteiger partial charge in [-0.05, 0) is 25.2 Å². The Bertz CT molecular complexity index is 478. The van der Waals surface area contributed by atoms with Gasteiger partial charge in [0.25, 0.3) is 5.91 Å². The first-order chi connectivity index (χ1) is 10.2. The number of nitrogens with one attached hydrogen (secondary N) is 3. The first-order valence-electron chi connectivity index (χ1n) is 7.82. The predicted molar refractivity (Wildman–Crippen MR) is 81.0 cm³/mol. The second-order valence-corrected chi connectivity index (χ2v) is 5.68. The SMILES string of the molecule is CCCNC(=O)c1cc(NC(=O)CC2CCCCC2)n[nH]1. The van der Waals surface area contributed by atoms with Crippen molar-refractivity contribution in [2.24, 2.45) is 5.92 Å². The maximum atomic E-state index is 12.0. The largest absolute Gasteiger partial charge is 0.351 e. The molecule has 116 valence electrons. The molecule has 1 aromatic rings. The van der Waals surface area contributed by atoms with Gasteiger partial charge in [-0.25, -0.2) is 0 Å². The van der Waals surface area contributed by atoms with Crippen LogP contribution < -0.4 is 10.6 Å². The number of anilines is 1. The number of carbonyl (C=O) groups is 2. The van der Waals surface area contributed by atoms with Gasteiger partial charge in [0.2, 0.25) is 5.91 Å². The van der Waals surface area contributed by atoms with Crippen molar-refractivity contribution >= 4 is 17.6 Å². The Labute approximate surface area is 125 Å². The molecule has 3 N–H and O–H groups in total. The maximum absolute atomic E-state index is 12.0. The highest BCUT2D eigenvalue weighted by molar-refractivity contribution is 5.95. The zero-order valence-corrected chi connectivity index (χ0v) is 12.6. The quantitative estimate of drug-likeness (QED) is 0.752. The van der Waals surface area contributed by atoms with Crippen molar-refractivity contribution in [3.8, 4) is 0 Å². The minimum Gasteiger partial charge on any atom is -0.351 e. The third kappa shape index (κ3) is 4.88. The van der Waals surface area contributed by atoms with Crippen LogP contribution >= 0.6 is 0 Å². The van der Waals surface area contributed by atoms with E-state index in [0.717, 1.165) is 19.3 Å². The van der Waals surface area contributed by atoms with Gasteiger partial charge in [-0.1, -0.05) is 26.2 Å². The van der Waals surface area contributed by atoms with Gasteiger partial charge in [-0.3, -0.25) is 14.7 Å². The zero-order chi connectivity index (χ0) is 15.1. The lowest BCUT2D eigenvalue weighted by atomic mass is 9.87. The van der Waals surface area contributed by atoms with Crippen LogP contribution in [0.2, 0.25) is 0 Å². The van der Waals surface area contributed by atoms with Crippen molar-refractivity contribution in [3.05, 3.63) is 11.8 Å². The molecule has 2 amide bonds. The molecule has 1 heterocycles. The minimum atomic E-state index is -0.197. The highest BCUT2D eigenvalue weighted by Crippen LogP contribution is 2.26. The maximum Gasteiger partial charge on any atom is 0.269 e. The van der Waals surface area contributed by atoms with Gasteiger partial charge >= 0.3 is 0 Å². The Morgan fingerprint density at radius 1 is 1.33 bits per heavy atom. The van der Waals surface area contributed by atoms with E-state index in [1.807, 2.05) is 6.92 Å². The van der Waals surface area contributed by atoms with Gasteiger partial charge in [-0.2, -0.15) is 5.10 Å². The van der Waals surface area contributed by atoms with Crippen LogP contribution in [0.15, 0.2) is 6.07 Å². The van der Waals surface area contributed by atoms with Gasteiger partial charge in [0.15, 0.2) is 5.82 Å². The van der Waals surface area contributed by atoms with Crippen molar-refractivity contribution in [2.75, 3.05) is 11.9 Å². The van der Waals surface area contributed by atoms with Gasteiger partial charge in [0, 0.05) is 19.0 Å². The number of rotatable bonds is 6. The molecule has 0 unspecified atom stereocenters. The Kier molecular flexibility index (Phi) is 5.78. The van der Waals surface area contributed by atoms with E-state index in [2.05, 4.69) is 20.8 Å². The molecule has 6 nitrogen and oxygen atoms in total. The Morgan fingerprint density at radius 2 is 2.10 bits per heavy atom. The standard InChI is InChI=1S/C15H24N4O2/c1-2-8-16-15(21)12-10-13(19-18-12)17-14(20)9-11-6-4-3-5-7-11/h10-11H,2-9H2,1H3,(H,16,21)(H2,17,18,19,20). The topological polar surface area (TPSA) is 86.9 Å². The molecular formula is C15H24N4O2. The normalized spacial score (nSPS) is 15.7. The summed E-state index contributed by atoms with van der Waals surface area (Å²) in [5.41, 5.74) is 0.372. The molecule has 6 heteroatoms. The lowest BCUT2D eigenvalue weighted by Gasteiger charge is -2.20. The molecule has 0 atom stereocenters. The summed E-state index contributed by atoms with van der Waals surface area (Å²) >= 11 is 0. The van der Waals surface area contributed by atoms with E-state index in [4.69, 9.17) is 0 Å². The van der Waals surface area contributed by atoms with E-state index < -0.39 is 0 Å². The predicted octanol–water partition coefficient (Wildman–Crippen LogP) is 2.46. The number of aromatic amines is 1. The number of hydrogen-bond donors (Lipinski definition) is 3. The van der Waals surface area contributed by atoms with Crippen LogP contribution in [0.3, 0.4) is 0 Å². The van der Waals surface area contributed by atoms with E-state index in [0.29, 0.717) is 30.4 Å². The fourth-order valence-corrected chi connectivity index (χ4v) is 2.68. The number of amides is 2. The highest BCUT2D eigenvalue weighted by Gasteiger charge is 2.18. The van der Waals surface area contributed by atoms with Crippen LogP contribution in [0, 0.1) is 5.92 Å². The minimum absolute atomic E-state index is 0.0195. The van der Waals surface area contributed by atoms with Crippen molar-refractivity contribution < 1.29 is 9.59 Å². The first kappa shape index (κ1) is 15.5. The zero-order valence-electron chi connectivity index (χ0n) is 12.6. The highest BCUT2D eigenvalue weighted by atomic mass is 16.2. The van der Waals surface area contributed by atoms with Crippen LogP contribution in [0.5, 0.6) is 0 Å². The van der Waals surface area contributed by atoms with Crippen molar-refractivity contribution in [3.63, 3.8) is 0 Å². The van der Waals surface area contributed by atoms with E-state index in [1.165, 1.54) is 19.3 Å². The molecule has 2 rings (SSSR count). The van der Waals surface area contributed by atoms with E-state index in [1.54, 1.807) is 6.07 Å². The molecule has 0 saturated heterocycles. The van der Waals surface area contributed by atoms with E-state index in [-0.39, 0.29) is 11.8 Å². The number of carbonyl (C=O) groups excluding carboxylic acids is 2. The van der Waals surface area contributed by atoms with E-state index in [9.17, 15) is 9.59 Å². The smallest absolute Gasteiger partial charge is 0.269 e. The lowest BCUT2D eigenvalue weighted by molar-refractivity contribution is -0.117. The molecule has 1 aliphatic rings. The average molecular weight is 292 g/mol. The third-order valence-corrected chi connectivity index (χ3v) is 3.82. The fourth-order valence-electron chi connectivity index (χ4n) is 2.68. The fraction of sp³-hybridized carbons (Fsp3) is 0.667. The molecule has 1 aromatic heterocycles. The summed E-state index contributed by atoms with van der Waals surface area (Å²) in [5, 5.41) is 12.1. The van der Waals surface area contributed by atoms with Gasteiger partial charge in [0.05, 0.1) is 0 Å². The van der Waals surface area contributed by atoms with Crippen LogP contribution in [0.25, 0.3) is 0 Å². The molecular weight excluding hydrogens is 268 g/mol. The lowest BCUT2D eigenvalue weighted by Crippen LogP contribution is -2.24. The second-order valence-electron chi connectivity index (χ2n) is 5.68. The van der Waals surface area contributed by atoms with Crippen molar-refractivity contribution in [2.45, 2.75) is 51.9 Å². The molecule has 0 aliphatic heterocycles. The van der Waals surface area contributed by atoms with Crippen molar-refractivity contribution in [1.29, 1.82) is 0 Å². The Hall–Kier alpha value is -1.85. The second kappa shape index (κ2) is 7.81. The summed E-state index contributed by atoms with van der Waals surface area (Å²) in [7, 11) is 0. The van der Waals surface area contributed by atoms with Gasteiger partial charge in [-0.15, -0.1) is 0 Å². The summed E-state index contributed by atoms with van der Waals surface area (Å²) in [6.07, 6.45) is 7.43. The van der Waals surface area contributed by atoms with Crippen LogP contribution in [0.4, 0.5) is 5.82 Å². The number of H-pyrrole nitrogens is 1. The molecule has 0 radical (unpaired) electrons. The average Bonchev–Trinajstić information content (AvgIpc) is 2.94. The Balaban J connectivity index is 1.81. The molecule has 1 aliphatic carbocycles. The third-order valence-electron chi connectivity index (χ3n) is 3.82. The summed E-state index contributed by atoms with van der Waals surface area (Å²) in [4.78, 5) is 23.7. The van der Waals surface area contributed by atoms with Gasteiger partial charge in [0.1, 0.15) is 5.69 Å². The van der Waals surface area contributed by atoms with Crippen molar-refractivity contribution in [1.82, 2.24) is 15.5 Å². The van der Waals surface area contributed by atoms with Gasteiger partial charge < -0.3 is 10.6 Å².